The van der Waals surface area contributed by atoms with E-state index >= 15 is 0 Å². The van der Waals surface area contributed by atoms with Crippen LogP contribution < -0.4 is 10.6 Å². The van der Waals surface area contributed by atoms with Gasteiger partial charge in [0.15, 0.2) is 0 Å². The molecule has 5 heteroatoms. The lowest BCUT2D eigenvalue weighted by molar-refractivity contribution is 0.430. The van der Waals surface area contributed by atoms with E-state index in [-0.39, 0.29) is 0 Å². The third-order valence-corrected chi connectivity index (χ3v) is 4.69. The zero-order chi connectivity index (χ0) is 11.0. The Labute approximate surface area is 100 Å². The van der Waals surface area contributed by atoms with Crippen LogP contribution in [0.15, 0.2) is 0 Å². The van der Waals surface area contributed by atoms with E-state index < -0.39 is 0 Å². The Kier molecular flexibility index (Phi) is 2.71. The summed E-state index contributed by atoms with van der Waals surface area (Å²) in [7, 11) is 0. The first-order valence-electron chi connectivity index (χ1n) is 6.20. The van der Waals surface area contributed by atoms with E-state index in [1.807, 2.05) is 0 Å². The van der Waals surface area contributed by atoms with Gasteiger partial charge in [0.2, 0.25) is 11.1 Å². The molecule has 1 aromatic heterocycles. The van der Waals surface area contributed by atoms with Gasteiger partial charge in [0.1, 0.15) is 0 Å². The van der Waals surface area contributed by atoms with Gasteiger partial charge in [-0.3, -0.25) is 0 Å². The fraction of sp³-hybridized carbons (Fsp3) is 0.818. The Hall–Kier alpha value is -0.840. The Balaban J connectivity index is 1.78. The summed E-state index contributed by atoms with van der Waals surface area (Å²) >= 11 is 1.45. The van der Waals surface area contributed by atoms with Crippen LogP contribution in [0.25, 0.3) is 0 Å². The standard InChI is InChI=1S/C11H18N4S/c12-10-13-11(16-14-10)15-7-3-6-9(15)8-4-1-2-5-8/h8-9H,1-7H2,(H2,12,14). The highest BCUT2D eigenvalue weighted by molar-refractivity contribution is 7.09. The molecule has 2 N–H and O–H groups in total. The van der Waals surface area contributed by atoms with Crippen LogP contribution in [0.3, 0.4) is 0 Å². The molecule has 1 saturated heterocycles. The molecule has 1 atom stereocenters. The highest BCUT2D eigenvalue weighted by atomic mass is 32.1. The van der Waals surface area contributed by atoms with Crippen molar-refractivity contribution in [1.29, 1.82) is 0 Å². The van der Waals surface area contributed by atoms with Crippen LogP contribution in [0.1, 0.15) is 38.5 Å². The maximum absolute atomic E-state index is 5.61. The largest absolute Gasteiger partial charge is 0.367 e. The quantitative estimate of drug-likeness (QED) is 0.859. The molecule has 1 aliphatic carbocycles. The van der Waals surface area contributed by atoms with Crippen LogP contribution in [-0.4, -0.2) is 21.9 Å². The fourth-order valence-electron chi connectivity index (χ4n) is 3.21. The molecule has 1 saturated carbocycles. The van der Waals surface area contributed by atoms with Gasteiger partial charge in [0.25, 0.3) is 0 Å². The topological polar surface area (TPSA) is 55.0 Å². The lowest BCUT2D eigenvalue weighted by Crippen LogP contribution is -2.34. The summed E-state index contributed by atoms with van der Waals surface area (Å²) in [5.41, 5.74) is 5.61. The predicted molar refractivity (Wildman–Crippen MR) is 66.6 cm³/mol. The molecule has 0 spiro atoms. The third kappa shape index (κ3) is 1.77. The average Bonchev–Trinajstić information content (AvgIpc) is 2.96. The van der Waals surface area contributed by atoms with Crippen LogP contribution >= 0.6 is 11.5 Å². The number of nitrogen functional groups attached to an aromatic ring is 1. The molecule has 2 heterocycles. The first-order chi connectivity index (χ1) is 7.84. The number of nitrogens with zero attached hydrogens (tertiary/aromatic N) is 3. The van der Waals surface area contributed by atoms with E-state index in [1.54, 1.807) is 0 Å². The highest BCUT2D eigenvalue weighted by Crippen LogP contribution is 2.38. The first kappa shape index (κ1) is 10.3. The molecule has 0 amide bonds. The number of anilines is 2. The molecular weight excluding hydrogens is 220 g/mol. The summed E-state index contributed by atoms with van der Waals surface area (Å²) in [5, 5.41) is 1.03. The maximum atomic E-state index is 5.61. The summed E-state index contributed by atoms with van der Waals surface area (Å²) in [4.78, 5) is 6.77. The number of hydrogen-bond acceptors (Lipinski definition) is 5. The Bertz CT molecular complexity index is 359. The Morgan fingerprint density at radius 3 is 2.69 bits per heavy atom. The van der Waals surface area contributed by atoms with Gasteiger partial charge in [-0.2, -0.15) is 9.36 Å². The predicted octanol–water partition coefficient (Wildman–Crippen LogP) is 2.28. The second kappa shape index (κ2) is 4.20. The van der Waals surface area contributed by atoms with E-state index in [4.69, 9.17) is 5.73 Å². The molecule has 1 unspecified atom stereocenters. The van der Waals surface area contributed by atoms with Gasteiger partial charge in [-0.1, -0.05) is 12.8 Å². The Morgan fingerprint density at radius 2 is 2.00 bits per heavy atom. The van der Waals surface area contributed by atoms with Crippen molar-refractivity contribution in [2.45, 2.75) is 44.6 Å². The zero-order valence-electron chi connectivity index (χ0n) is 9.43. The monoisotopic (exact) mass is 238 g/mol. The number of aromatic nitrogens is 2. The van der Waals surface area contributed by atoms with Crippen molar-refractivity contribution in [1.82, 2.24) is 9.36 Å². The highest BCUT2D eigenvalue weighted by Gasteiger charge is 2.34. The number of rotatable bonds is 2. The van der Waals surface area contributed by atoms with Crippen molar-refractivity contribution in [3.8, 4) is 0 Å². The molecule has 2 fully saturated rings. The number of nitrogens with two attached hydrogens (primary N) is 1. The van der Waals surface area contributed by atoms with Crippen LogP contribution in [0.4, 0.5) is 11.1 Å². The van der Waals surface area contributed by atoms with Crippen LogP contribution in [0.5, 0.6) is 0 Å². The lowest BCUT2D eigenvalue weighted by atomic mass is 9.96. The second-order valence-electron chi connectivity index (χ2n) is 4.88. The van der Waals surface area contributed by atoms with Gasteiger partial charge in [-0.15, -0.1) is 0 Å². The minimum atomic E-state index is 0.428. The molecular formula is C11H18N4S. The Morgan fingerprint density at radius 1 is 1.19 bits per heavy atom. The summed E-state index contributed by atoms with van der Waals surface area (Å²) in [5.74, 6) is 1.31. The van der Waals surface area contributed by atoms with E-state index in [0.717, 1.165) is 17.6 Å². The maximum Gasteiger partial charge on any atom is 0.233 e. The van der Waals surface area contributed by atoms with Crippen LogP contribution in [-0.2, 0) is 0 Å². The van der Waals surface area contributed by atoms with Gasteiger partial charge >= 0.3 is 0 Å². The van der Waals surface area contributed by atoms with Gasteiger partial charge in [-0.05, 0) is 31.6 Å². The van der Waals surface area contributed by atoms with Crippen molar-refractivity contribution >= 4 is 22.6 Å². The normalized spacial score (nSPS) is 26.8. The van der Waals surface area contributed by atoms with E-state index in [2.05, 4.69) is 14.3 Å². The second-order valence-corrected chi connectivity index (χ2v) is 5.61. The van der Waals surface area contributed by atoms with Crippen molar-refractivity contribution in [2.24, 2.45) is 5.92 Å². The molecule has 1 aromatic rings. The van der Waals surface area contributed by atoms with Crippen molar-refractivity contribution in [3.63, 3.8) is 0 Å². The van der Waals surface area contributed by atoms with Crippen molar-refractivity contribution in [2.75, 3.05) is 17.2 Å². The fourth-order valence-corrected chi connectivity index (χ4v) is 3.89. The van der Waals surface area contributed by atoms with Crippen molar-refractivity contribution < 1.29 is 0 Å². The van der Waals surface area contributed by atoms with Gasteiger partial charge < -0.3 is 10.6 Å². The first-order valence-corrected chi connectivity index (χ1v) is 6.98. The molecule has 4 nitrogen and oxygen atoms in total. The summed E-state index contributed by atoms with van der Waals surface area (Å²) in [6, 6.07) is 0.704. The third-order valence-electron chi connectivity index (χ3n) is 3.92. The van der Waals surface area contributed by atoms with E-state index in [0.29, 0.717) is 12.0 Å². The average molecular weight is 238 g/mol. The molecule has 0 radical (unpaired) electrons. The number of hydrogen-bond donors (Lipinski definition) is 1. The molecule has 0 bridgehead atoms. The SMILES string of the molecule is Nc1nsc(N2CCCC2C2CCCC2)n1. The van der Waals surface area contributed by atoms with E-state index in [1.165, 1.54) is 50.1 Å². The van der Waals surface area contributed by atoms with Gasteiger partial charge in [0, 0.05) is 24.1 Å². The minimum absolute atomic E-state index is 0.428. The van der Waals surface area contributed by atoms with Crippen LogP contribution in [0, 0.1) is 5.92 Å². The van der Waals surface area contributed by atoms with Crippen molar-refractivity contribution in [3.05, 3.63) is 0 Å². The van der Waals surface area contributed by atoms with E-state index in [9.17, 15) is 0 Å². The zero-order valence-corrected chi connectivity index (χ0v) is 10.2. The molecule has 3 rings (SSSR count). The lowest BCUT2D eigenvalue weighted by Gasteiger charge is -2.28. The molecule has 0 aromatic carbocycles. The molecule has 2 aliphatic rings. The summed E-state index contributed by atoms with van der Waals surface area (Å²) in [6.07, 6.45) is 8.23. The smallest absolute Gasteiger partial charge is 0.233 e. The summed E-state index contributed by atoms with van der Waals surface area (Å²) < 4.78 is 4.09. The van der Waals surface area contributed by atoms with Crippen LogP contribution in [0.2, 0.25) is 0 Å². The summed E-state index contributed by atoms with van der Waals surface area (Å²) in [6.45, 7) is 1.13. The molecule has 16 heavy (non-hydrogen) atoms. The van der Waals surface area contributed by atoms with Gasteiger partial charge in [-0.25, -0.2) is 0 Å². The van der Waals surface area contributed by atoms with Gasteiger partial charge in [0.05, 0.1) is 0 Å². The molecule has 1 aliphatic heterocycles. The minimum Gasteiger partial charge on any atom is -0.367 e. The molecule has 88 valence electrons.